The summed E-state index contributed by atoms with van der Waals surface area (Å²) >= 11 is 1.47. The SMILES string of the molecule is C=CC(=O)NCCNc1nc(CN2C[C@@H](C)O[C@@H](C)C2)cc(Nc2nc3cccnc3s2)n1. The molecule has 3 aromatic heterocycles. The lowest BCUT2D eigenvalue weighted by molar-refractivity contribution is -0.116. The van der Waals surface area contributed by atoms with Gasteiger partial charge >= 0.3 is 0 Å². The first-order chi connectivity index (χ1) is 16.0. The minimum absolute atomic E-state index is 0.175. The van der Waals surface area contributed by atoms with E-state index in [-0.39, 0.29) is 18.1 Å². The van der Waals surface area contributed by atoms with Crippen LogP contribution in [0, 0.1) is 0 Å². The number of hydrogen-bond acceptors (Lipinski definition) is 10. The fourth-order valence-corrected chi connectivity index (χ4v) is 4.54. The van der Waals surface area contributed by atoms with Crippen LogP contribution in [0.4, 0.5) is 16.9 Å². The van der Waals surface area contributed by atoms with Crippen molar-refractivity contribution >= 4 is 44.5 Å². The summed E-state index contributed by atoms with van der Waals surface area (Å²) in [5.41, 5.74) is 1.72. The number of ether oxygens (including phenoxy) is 1. The van der Waals surface area contributed by atoms with Crippen LogP contribution in [0.15, 0.2) is 37.1 Å². The number of rotatable bonds is 9. The van der Waals surface area contributed by atoms with Crippen LogP contribution in [0.3, 0.4) is 0 Å². The normalized spacial score (nSPS) is 18.7. The highest BCUT2D eigenvalue weighted by molar-refractivity contribution is 7.21. The van der Waals surface area contributed by atoms with Crippen LogP contribution in [0.2, 0.25) is 0 Å². The lowest BCUT2D eigenvalue weighted by Gasteiger charge is -2.35. The standard InChI is InChI=1S/C22H28N8O2S/c1-4-19(31)23-8-9-25-21-26-16(13-30-11-14(2)32-15(3)12-30)10-18(28-21)29-22-27-17-6-5-7-24-20(17)33-22/h4-7,10,14-15H,1,8-9,11-13H2,2-3H3,(H,23,31)(H2,25,26,27,28,29)/t14-,15+. The first-order valence-electron chi connectivity index (χ1n) is 10.9. The van der Waals surface area contributed by atoms with Gasteiger partial charge in [-0.3, -0.25) is 9.69 Å². The molecule has 1 fully saturated rings. The van der Waals surface area contributed by atoms with Gasteiger partial charge < -0.3 is 20.7 Å². The second kappa shape index (κ2) is 10.6. The summed E-state index contributed by atoms with van der Waals surface area (Å²) < 4.78 is 5.85. The number of fused-ring (bicyclic) bond motifs is 1. The van der Waals surface area contributed by atoms with E-state index in [1.54, 1.807) is 6.20 Å². The minimum atomic E-state index is -0.214. The molecule has 0 aromatic carbocycles. The second-order valence-electron chi connectivity index (χ2n) is 7.91. The maximum absolute atomic E-state index is 11.4. The lowest BCUT2D eigenvalue weighted by Crippen LogP contribution is -2.45. The van der Waals surface area contributed by atoms with Crippen LogP contribution in [0.5, 0.6) is 0 Å². The topological polar surface area (TPSA) is 117 Å². The summed E-state index contributed by atoms with van der Waals surface area (Å²) in [7, 11) is 0. The molecule has 1 aliphatic rings. The number of anilines is 3. The third-order valence-electron chi connectivity index (χ3n) is 4.95. The van der Waals surface area contributed by atoms with E-state index in [2.05, 4.69) is 56.2 Å². The number of nitrogens with one attached hydrogen (secondary N) is 3. The van der Waals surface area contributed by atoms with E-state index in [0.717, 1.165) is 29.1 Å². The summed E-state index contributed by atoms with van der Waals surface area (Å²) in [5, 5.41) is 9.93. The predicted octanol–water partition coefficient (Wildman–Crippen LogP) is 2.55. The van der Waals surface area contributed by atoms with Crippen molar-refractivity contribution in [3.05, 3.63) is 42.7 Å². The van der Waals surface area contributed by atoms with Gasteiger partial charge in [0, 0.05) is 45.0 Å². The Morgan fingerprint density at radius 2 is 2.09 bits per heavy atom. The molecule has 0 spiro atoms. The van der Waals surface area contributed by atoms with E-state index in [9.17, 15) is 4.79 Å². The molecule has 0 radical (unpaired) electrons. The van der Waals surface area contributed by atoms with Gasteiger partial charge in [-0.15, -0.1) is 0 Å². The van der Waals surface area contributed by atoms with Crippen LogP contribution in [0.25, 0.3) is 10.3 Å². The number of amides is 1. The van der Waals surface area contributed by atoms with Gasteiger partial charge in [0.2, 0.25) is 11.9 Å². The van der Waals surface area contributed by atoms with Crippen molar-refractivity contribution in [1.29, 1.82) is 0 Å². The van der Waals surface area contributed by atoms with Gasteiger partial charge in [0.1, 0.15) is 16.2 Å². The number of morpholine rings is 1. The Hall–Kier alpha value is -3.15. The van der Waals surface area contributed by atoms with Gasteiger partial charge in [-0.1, -0.05) is 17.9 Å². The van der Waals surface area contributed by atoms with Crippen LogP contribution in [-0.4, -0.2) is 69.1 Å². The third kappa shape index (κ3) is 6.44. The monoisotopic (exact) mass is 468 g/mol. The molecule has 0 bridgehead atoms. The summed E-state index contributed by atoms with van der Waals surface area (Å²) in [6.45, 7) is 10.9. The van der Waals surface area contributed by atoms with Crippen LogP contribution in [0.1, 0.15) is 19.5 Å². The summed E-state index contributed by atoms with van der Waals surface area (Å²) in [6.07, 6.45) is 3.35. The van der Waals surface area contributed by atoms with E-state index in [0.29, 0.717) is 36.5 Å². The molecule has 174 valence electrons. The maximum Gasteiger partial charge on any atom is 0.243 e. The molecule has 1 aliphatic heterocycles. The molecule has 3 N–H and O–H groups in total. The van der Waals surface area contributed by atoms with Crippen LogP contribution >= 0.6 is 11.3 Å². The predicted molar refractivity (Wildman–Crippen MR) is 130 cm³/mol. The molecule has 4 heterocycles. The second-order valence-corrected chi connectivity index (χ2v) is 8.89. The molecular formula is C22H28N8O2S. The molecule has 2 atom stereocenters. The number of nitrogens with zero attached hydrogens (tertiary/aromatic N) is 5. The van der Waals surface area contributed by atoms with Crippen LogP contribution < -0.4 is 16.0 Å². The molecule has 3 aromatic rings. The zero-order chi connectivity index (χ0) is 23.2. The van der Waals surface area contributed by atoms with E-state index in [1.165, 1.54) is 17.4 Å². The minimum Gasteiger partial charge on any atom is -0.373 e. The maximum atomic E-state index is 11.4. The quantitative estimate of drug-likeness (QED) is 0.322. The number of aromatic nitrogens is 4. The van der Waals surface area contributed by atoms with Crippen LogP contribution in [-0.2, 0) is 16.1 Å². The van der Waals surface area contributed by atoms with Crippen molar-refractivity contribution < 1.29 is 9.53 Å². The fraction of sp³-hybridized carbons (Fsp3) is 0.409. The molecule has 10 nitrogen and oxygen atoms in total. The Labute approximate surface area is 196 Å². The summed E-state index contributed by atoms with van der Waals surface area (Å²) in [4.78, 5) is 32.8. The Morgan fingerprint density at radius 3 is 2.85 bits per heavy atom. The molecule has 33 heavy (non-hydrogen) atoms. The van der Waals surface area contributed by atoms with Gasteiger partial charge in [-0.05, 0) is 32.1 Å². The molecule has 0 aliphatic carbocycles. The van der Waals surface area contributed by atoms with Gasteiger partial charge in [0.25, 0.3) is 0 Å². The summed E-state index contributed by atoms with van der Waals surface area (Å²) in [6, 6.07) is 5.74. The average Bonchev–Trinajstić information content (AvgIpc) is 3.18. The van der Waals surface area contributed by atoms with E-state index in [1.807, 2.05) is 18.2 Å². The molecule has 11 heteroatoms. The Morgan fingerprint density at radius 1 is 1.27 bits per heavy atom. The molecular weight excluding hydrogens is 440 g/mol. The number of hydrogen-bond donors (Lipinski definition) is 3. The van der Waals surface area contributed by atoms with Crippen molar-refractivity contribution in [1.82, 2.24) is 30.2 Å². The number of pyridine rings is 1. The van der Waals surface area contributed by atoms with Gasteiger partial charge in [0.05, 0.1) is 17.9 Å². The first kappa shape index (κ1) is 23.0. The molecule has 1 amide bonds. The van der Waals surface area contributed by atoms with E-state index < -0.39 is 0 Å². The Kier molecular flexibility index (Phi) is 7.43. The third-order valence-corrected chi connectivity index (χ3v) is 5.85. The van der Waals surface area contributed by atoms with E-state index in [4.69, 9.17) is 9.72 Å². The highest BCUT2D eigenvalue weighted by Crippen LogP contribution is 2.26. The summed E-state index contributed by atoms with van der Waals surface area (Å²) in [5.74, 6) is 0.913. The van der Waals surface area contributed by atoms with E-state index >= 15 is 0 Å². The zero-order valence-electron chi connectivity index (χ0n) is 18.7. The Balaban J connectivity index is 1.51. The van der Waals surface area contributed by atoms with Crippen molar-refractivity contribution in [3.8, 4) is 0 Å². The average molecular weight is 469 g/mol. The number of thiazole rings is 1. The molecule has 4 rings (SSSR count). The molecule has 0 unspecified atom stereocenters. The number of carbonyl (C=O) groups excluding carboxylic acids is 1. The highest BCUT2D eigenvalue weighted by atomic mass is 32.1. The zero-order valence-corrected chi connectivity index (χ0v) is 19.6. The van der Waals surface area contributed by atoms with Crippen molar-refractivity contribution in [2.45, 2.75) is 32.6 Å². The van der Waals surface area contributed by atoms with Crippen molar-refractivity contribution in [2.24, 2.45) is 0 Å². The lowest BCUT2D eigenvalue weighted by atomic mass is 10.2. The van der Waals surface area contributed by atoms with Gasteiger partial charge in [-0.25, -0.2) is 15.0 Å². The van der Waals surface area contributed by atoms with Crippen molar-refractivity contribution in [2.75, 3.05) is 36.8 Å². The van der Waals surface area contributed by atoms with Gasteiger partial charge in [-0.2, -0.15) is 4.98 Å². The van der Waals surface area contributed by atoms with Crippen molar-refractivity contribution in [3.63, 3.8) is 0 Å². The number of carbonyl (C=O) groups is 1. The molecule has 0 saturated carbocycles. The molecule has 1 saturated heterocycles. The smallest absolute Gasteiger partial charge is 0.243 e. The Bertz CT molecular complexity index is 1080. The first-order valence-corrected chi connectivity index (χ1v) is 11.7. The fourth-order valence-electron chi connectivity index (χ4n) is 3.73. The van der Waals surface area contributed by atoms with Gasteiger partial charge in [0.15, 0.2) is 5.13 Å². The largest absolute Gasteiger partial charge is 0.373 e. The highest BCUT2D eigenvalue weighted by Gasteiger charge is 2.23.